The molecular formula is C17H26ClFN2O. The van der Waals surface area contributed by atoms with Gasteiger partial charge in [0.25, 0.3) is 0 Å². The van der Waals surface area contributed by atoms with Crippen molar-refractivity contribution < 1.29 is 9.18 Å². The molecule has 1 heterocycles. The molecule has 2 atom stereocenters. The van der Waals surface area contributed by atoms with Crippen LogP contribution in [0.25, 0.3) is 0 Å². The van der Waals surface area contributed by atoms with Gasteiger partial charge in [0.05, 0.1) is 0 Å². The van der Waals surface area contributed by atoms with Crippen molar-refractivity contribution in [2.24, 2.45) is 5.92 Å². The Kier molecular flexibility index (Phi) is 7.83. The average Bonchev–Trinajstić information content (AvgIpc) is 2.98. The second-order valence-corrected chi connectivity index (χ2v) is 5.91. The van der Waals surface area contributed by atoms with E-state index < -0.39 is 0 Å². The highest BCUT2D eigenvalue weighted by atomic mass is 35.5. The first-order chi connectivity index (χ1) is 10.1. The molecule has 1 amide bonds. The molecule has 1 aromatic rings. The molecule has 0 radical (unpaired) electrons. The molecule has 1 saturated heterocycles. The number of rotatable bonds is 6. The molecule has 1 aliphatic rings. The molecule has 1 aliphatic heterocycles. The van der Waals surface area contributed by atoms with Crippen LogP contribution in [0.4, 0.5) is 4.39 Å². The second-order valence-electron chi connectivity index (χ2n) is 5.91. The minimum absolute atomic E-state index is 0. The van der Waals surface area contributed by atoms with Gasteiger partial charge in [-0.15, -0.1) is 12.4 Å². The van der Waals surface area contributed by atoms with E-state index in [2.05, 4.69) is 12.2 Å². The third-order valence-corrected chi connectivity index (χ3v) is 4.08. The molecule has 1 aromatic carbocycles. The van der Waals surface area contributed by atoms with Crippen molar-refractivity contribution in [1.29, 1.82) is 0 Å². The lowest BCUT2D eigenvalue weighted by molar-refractivity contribution is -0.137. The van der Waals surface area contributed by atoms with Crippen molar-refractivity contribution in [2.45, 2.75) is 39.2 Å². The largest absolute Gasteiger partial charge is 0.338 e. The highest BCUT2D eigenvalue weighted by Crippen LogP contribution is 2.17. The van der Waals surface area contributed by atoms with Gasteiger partial charge in [0, 0.05) is 25.0 Å². The predicted molar refractivity (Wildman–Crippen MR) is 89.8 cm³/mol. The van der Waals surface area contributed by atoms with Crippen molar-refractivity contribution in [3.63, 3.8) is 0 Å². The Hall–Kier alpha value is -1.13. The van der Waals surface area contributed by atoms with Crippen LogP contribution in [-0.4, -0.2) is 36.5 Å². The molecule has 0 saturated carbocycles. The fourth-order valence-corrected chi connectivity index (χ4v) is 3.01. The first-order valence-corrected chi connectivity index (χ1v) is 7.87. The molecule has 0 aromatic heterocycles. The third kappa shape index (κ3) is 4.96. The molecule has 22 heavy (non-hydrogen) atoms. The van der Waals surface area contributed by atoms with E-state index in [0.29, 0.717) is 12.5 Å². The zero-order valence-electron chi connectivity index (χ0n) is 13.3. The van der Waals surface area contributed by atoms with Crippen LogP contribution < -0.4 is 5.32 Å². The number of amides is 1. The molecule has 2 rings (SSSR count). The van der Waals surface area contributed by atoms with E-state index in [9.17, 15) is 9.18 Å². The number of benzene rings is 1. The average molecular weight is 329 g/mol. The lowest BCUT2D eigenvalue weighted by Gasteiger charge is -2.31. The van der Waals surface area contributed by atoms with Gasteiger partial charge in [0.2, 0.25) is 5.91 Å². The van der Waals surface area contributed by atoms with Gasteiger partial charge in [-0.2, -0.15) is 0 Å². The lowest BCUT2D eigenvalue weighted by Crippen LogP contribution is -2.45. The van der Waals surface area contributed by atoms with E-state index >= 15 is 0 Å². The van der Waals surface area contributed by atoms with Crippen molar-refractivity contribution in [3.8, 4) is 0 Å². The van der Waals surface area contributed by atoms with Gasteiger partial charge >= 0.3 is 0 Å². The minimum atomic E-state index is -0.238. The zero-order valence-corrected chi connectivity index (χ0v) is 14.2. The summed E-state index contributed by atoms with van der Waals surface area (Å²) < 4.78 is 13.2. The molecule has 0 aliphatic carbocycles. The number of nitrogens with one attached hydrogen (secondary N) is 1. The summed E-state index contributed by atoms with van der Waals surface area (Å²) in [6, 6.07) is 6.85. The maximum Gasteiger partial charge on any atom is 0.226 e. The zero-order chi connectivity index (χ0) is 15.2. The summed E-state index contributed by atoms with van der Waals surface area (Å²) in [5, 5.41) is 3.32. The molecule has 0 bridgehead atoms. The maximum absolute atomic E-state index is 13.2. The molecule has 1 N–H and O–H groups in total. The topological polar surface area (TPSA) is 32.3 Å². The number of hydrogen-bond donors (Lipinski definition) is 1. The Bertz CT molecular complexity index is 477. The summed E-state index contributed by atoms with van der Waals surface area (Å²) in [4.78, 5) is 14.7. The van der Waals surface area contributed by atoms with E-state index in [0.717, 1.165) is 38.0 Å². The second kappa shape index (κ2) is 9.11. The van der Waals surface area contributed by atoms with E-state index in [-0.39, 0.29) is 30.0 Å². The number of carbonyl (C=O) groups excluding carboxylic acids is 1. The lowest BCUT2D eigenvalue weighted by atomic mass is 9.98. The SMILES string of the molecule is CCCN(C(=O)C(C)Cc1cccc(F)c1)C1CCNC1.Cl. The highest BCUT2D eigenvalue weighted by Gasteiger charge is 2.28. The molecule has 0 spiro atoms. The molecule has 3 nitrogen and oxygen atoms in total. The Balaban J connectivity index is 0.00000242. The Morgan fingerprint density at radius 3 is 2.86 bits per heavy atom. The first kappa shape index (κ1) is 18.9. The quantitative estimate of drug-likeness (QED) is 0.870. The maximum atomic E-state index is 13.2. The van der Waals surface area contributed by atoms with Crippen molar-refractivity contribution in [2.75, 3.05) is 19.6 Å². The van der Waals surface area contributed by atoms with E-state index in [1.807, 2.05) is 17.9 Å². The van der Waals surface area contributed by atoms with Gasteiger partial charge < -0.3 is 10.2 Å². The summed E-state index contributed by atoms with van der Waals surface area (Å²) in [5.41, 5.74) is 0.886. The van der Waals surface area contributed by atoms with Gasteiger partial charge in [0.15, 0.2) is 0 Å². The van der Waals surface area contributed by atoms with Crippen LogP contribution in [0.15, 0.2) is 24.3 Å². The highest BCUT2D eigenvalue weighted by molar-refractivity contribution is 5.85. The van der Waals surface area contributed by atoms with Crippen LogP contribution in [0.5, 0.6) is 0 Å². The summed E-state index contributed by atoms with van der Waals surface area (Å²) in [5.74, 6) is -0.161. The molecular weight excluding hydrogens is 303 g/mol. The van der Waals surface area contributed by atoms with Crippen molar-refractivity contribution >= 4 is 18.3 Å². The summed E-state index contributed by atoms with van der Waals surface area (Å²) in [6.45, 7) is 6.71. The molecule has 5 heteroatoms. The Labute approximate surface area is 138 Å². The van der Waals surface area contributed by atoms with E-state index in [4.69, 9.17) is 0 Å². The monoisotopic (exact) mass is 328 g/mol. The van der Waals surface area contributed by atoms with Crippen LogP contribution in [0.3, 0.4) is 0 Å². The van der Waals surface area contributed by atoms with Gasteiger partial charge in [0.1, 0.15) is 5.82 Å². The first-order valence-electron chi connectivity index (χ1n) is 7.87. The fourth-order valence-electron chi connectivity index (χ4n) is 3.01. The number of halogens is 2. The van der Waals surface area contributed by atoms with Crippen LogP contribution in [-0.2, 0) is 11.2 Å². The number of nitrogens with zero attached hydrogens (tertiary/aromatic N) is 1. The van der Waals surface area contributed by atoms with Crippen molar-refractivity contribution in [1.82, 2.24) is 10.2 Å². The van der Waals surface area contributed by atoms with Gasteiger partial charge in [-0.05, 0) is 43.5 Å². The van der Waals surface area contributed by atoms with E-state index in [1.54, 1.807) is 6.07 Å². The third-order valence-electron chi connectivity index (χ3n) is 4.08. The van der Waals surface area contributed by atoms with Gasteiger partial charge in [-0.25, -0.2) is 4.39 Å². The number of hydrogen-bond acceptors (Lipinski definition) is 2. The van der Waals surface area contributed by atoms with E-state index in [1.165, 1.54) is 12.1 Å². The standard InChI is InChI=1S/C17H25FN2O.ClH/c1-3-9-20(16-7-8-19-12-16)17(21)13(2)10-14-5-4-6-15(18)11-14;/h4-6,11,13,16,19H,3,7-10,12H2,1-2H3;1H. The number of carbonyl (C=O) groups is 1. The Morgan fingerprint density at radius 1 is 1.50 bits per heavy atom. The smallest absolute Gasteiger partial charge is 0.226 e. The van der Waals surface area contributed by atoms with Crippen LogP contribution in [0.2, 0.25) is 0 Å². The minimum Gasteiger partial charge on any atom is -0.338 e. The fraction of sp³-hybridized carbons (Fsp3) is 0.588. The Morgan fingerprint density at radius 2 is 2.27 bits per heavy atom. The van der Waals surface area contributed by atoms with Gasteiger partial charge in [-0.3, -0.25) is 4.79 Å². The summed E-state index contributed by atoms with van der Waals surface area (Å²) in [6.07, 6.45) is 2.59. The molecule has 124 valence electrons. The van der Waals surface area contributed by atoms with Crippen LogP contribution in [0, 0.1) is 11.7 Å². The summed E-state index contributed by atoms with van der Waals surface area (Å²) >= 11 is 0. The molecule has 1 fully saturated rings. The van der Waals surface area contributed by atoms with Gasteiger partial charge in [-0.1, -0.05) is 26.0 Å². The van der Waals surface area contributed by atoms with Crippen molar-refractivity contribution in [3.05, 3.63) is 35.6 Å². The normalized spacial score (nSPS) is 18.6. The predicted octanol–water partition coefficient (Wildman–Crippen LogP) is 3.03. The van der Waals surface area contributed by atoms with Crippen LogP contribution >= 0.6 is 12.4 Å². The molecule has 2 unspecified atom stereocenters. The summed E-state index contributed by atoms with van der Waals surface area (Å²) in [7, 11) is 0. The van der Waals surface area contributed by atoms with Crippen LogP contribution in [0.1, 0.15) is 32.3 Å².